The first-order valence-electron chi connectivity index (χ1n) is 12.3. The minimum atomic E-state index is -0.0216. The molecule has 1 amide bonds. The van der Waals surface area contributed by atoms with Crippen LogP contribution in [0.15, 0.2) is 59.1 Å². The Labute approximate surface area is 202 Å². The average molecular weight is 462 g/mol. The molecular formula is C28H35N3O3. The Bertz CT molecular complexity index is 1090. The third-order valence-electron chi connectivity index (χ3n) is 6.91. The molecule has 1 atom stereocenters. The van der Waals surface area contributed by atoms with Crippen LogP contribution in [-0.2, 0) is 6.54 Å². The lowest BCUT2D eigenvalue weighted by Gasteiger charge is -2.32. The van der Waals surface area contributed by atoms with Gasteiger partial charge in [0, 0.05) is 30.3 Å². The summed E-state index contributed by atoms with van der Waals surface area (Å²) in [5.74, 6) is 2.15. The van der Waals surface area contributed by atoms with Crippen molar-refractivity contribution in [2.45, 2.75) is 52.6 Å². The smallest absolute Gasteiger partial charge is 0.254 e. The molecule has 1 saturated heterocycles. The zero-order valence-corrected chi connectivity index (χ0v) is 20.7. The number of ether oxygens (including phenoxy) is 1. The predicted octanol–water partition coefficient (Wildman–Crippen LogP) is 6.03. The Morgan fingerprint density at radius 2 is 1.91 bits per heavy atom. The fraction of sp³-hybridized carbons (Fsp3) is 0.429. The van der Waals surface area contributed by atoms with E-state index in [2.05, 4.69) is 30.8 Å². The molecule has 0 radical (unpaired) electrons. The van der Waals surface area contributed by atoms with Gasteiger partial charge in [-0.3, -0.25) is 4.79 Å². The van der Waals surface area contributed by atoms with Gasteiger partial charge in [0.15, 0.2) is 0 Å². The van der Waals surface area contributed by atoms with E-state index in [4.69, 9.17) is 9.26 Å². The zero-order chi connectivity index (χ0) is 24.1. The number of hydrogen-bond donors (Lipinski definition) is 0. The number of hydrogen-bond acceptors (Lipinski definition) is 5. The van der Waals surface area contributed by atoms with E-state index in [0.29, 0.717) is 23.8 Å². The van der Waals surface area contributed by atoms with Crippen molar-refractivity contribution in [1.82, 2.24) is 10.1 Å². The molecule has 0 unspecified atom stereocenters. The van der Waals surface area contributed by atoms with Crippen LogP contribution in [0.1, 0.15) is 56.0 Å². The van der Waals surface area contributed by atoms with Gasteiger partial charge >= 0.3 is 0 Å². The Hall–Kier alpha value is -3.28. The maximum atomic E-state index is 13.7. The maximum Gasteiger partial charge on any atom is 0.254 e. The molecular weight excluding hydrogens is 426 g/mol. The Balaban J connectivity index is 1.73. The monoisotopic (exact) mass is 461 g/mol. The van der Waals surface area contributed by atoms with E-state index >= 15 is 0 Å². The van der Waals surface area contributed by atoms with E-state index in [9.17, 15) is 4.79 Å². The Morgan fingerprint density at radius 1 is 1.18 bits per heavy atom. The lowest BCUT2D eigenvalue weighted by Crippen LogP contribution is -2.39. The van der Waals surface area contributed by atoms with E-state index < -0.39 is 0 Å². The molecule has 1 aliphatic rings. The number of piperidine rings is 1. The first-order valence-corrected chi connectivity index (χ1v) is 12.3. The molecule has 34 heavy (non-hydrogen) atoms. The fourth-order valence-electron chi connectivity index (χ4n) is 4.47. The fourth-order valence-corrected chi connectivity index (χ4v) is 4.47. The molecule has 0 saturated carbocycles. The van der Waals surface area contributed by atoms with Gasteiger partial charge in [-0.25, -0.2) is 0 Å². The molecule has 0 N–H and O–H groups in total. The van der Waals surface area contributed by atoms with Crippen LogP contribution in [0.2, 0.25) is 0 Å². The molecule has 0 aliphatic carbocycles. The largest absolute Gasteiger partial charge is 0.497 e. The molecule has 2 heterocycles. The van der Waals surface area contributed by atoms with Crippen LogP contribution < -0.4 is 9.64 Å². The zero-order valence-electron chi connectivity index (χ0n) is 20.7. The highest BCUT2D eigenvalue weighted by Crippen LogP contribution is 2.35. The lowest BCUT2D eigenvalue weighted by molar-refractivity contribution is 0.0671. The van der Waals surface area contributed by atoms with Crippen molar-refractivity contribution in [3.8, 4) is 17.0 Å². The van der Waals surface area contributed by atoms with Crippen LogP contribution in [0.3, 0.4) is 0 Å². The molecule has 1 aliphatic heterocycles. The summed E-state index contributed by atoms with van der Waals surface area (Å²) in [6.07, 6.45) is 3.09. The average Bonchev–Trinajstić information content (AvgIpc) is 3.31. The summed E-state index contributed by atoms with van der Waals surface area (Å²) >= 11 is 0. The van der Waals surface area contributed by atoms with Gasteiger partial charge in [0.25, 0.3) is 5.91 Å². The molecule has 180 valence electrons. The third-order valence-corrected chi connectivity index (χ3v) is 6.91. The van der Waals surface area contributed by atoms with E-state index in [1.165, 1.54) is 0 Å². The number of benzene rings is 2. The Morgan fingerprint density at radius 3 is 2.59 bits per heavy atom. The van der Waals surface area contributed by atoms with Crippen LogP contribution in [0.25, 0.3) is 11.3 Å². The van der Waals surface area contributed by atoms with Crippen LogP contribution in [0, 0.1) is 5.92 Å². The van der Waals surface area contributed by atoms with Gasteiger partial charge < -0.3 is 19.1 Å². The topological polar surface area (TPSA) is 58.8 Å². The van der Waals surface area contributed by atoms with Crippen molar-refractivity contribution in [2.24, 2.45) is 5.92 Å². The molecule has 0 bridgehead atoms. The number of nitrogens with zero attached hydrogens (tertiary/aromatic N) is 3. The van der Waals surface area contributed by atoms with Gasteiger partial charge in [0.2, 0.25) is 5.88 Å². The van der Waals surface area contributed by atoms with Gasteiger partial charge in [-0.05, 0) is 50.3 Å². The predicted molar refractivity (Wildman–Crippen MR) is 135 cm³/mol. The van der Waals surface area contributed by atoms with Gasteiger partial charge in [-0.2, -0.15) is 0 Å². The van der Waals surface area contributed by atoms with Crippen LogP contribution >= 0.6 is 0 Å². The van der Waals surface area contributed by atoms with Crippen molar-refractivity contribution in [1.29, 1.82) is 0 Å². The van der Waals surface area contributed by atoms with Gasteiger partial charge in [0.05, 0.1) is 19.2 Å². The molecule has 1 aromatic heterocycles. The van der Waals surface area contributed by atoms with Gasteiger partial charge in [-0.1, -0.05) is 55.4 Å². The number of carbonyl (C=O) groups excluding carboxylic acids is 1. The second-order valence-electron chi connectivity index (χ2n) is 9.27. The molecule has 3 aromatic rings. The van der Waals surface area contributed by atoms with E-state index in [1.54, 1.807) is 13.2 Å². The number of aromatic nitrogens is 1. The number of methoxy groups -OCH3 is 1. The van der Waals surface area contributed by atoms with Crippen LogP contribution in [-0.4, -0.2) is 42.2 Å². The van der Waals surface area contributed by atoms with E-state index in [0.717, 1.165) is 55.1 Å². The minimum Gasteiger partial charge on any atom is -0.497 e. The summed E-state index contributed by atoms with van der Waals surface area (Å²) in [5.41, 5.74) is 3.39. The Kier molecular flexibility index (Phi) is 7.56. The SMILES string of the molecule is CC[C@H](C)N(Cc1c(-c2ccccc2)noc1N1CCC(C)CC1)C(=O)c1cccc(OC)c1. The number of rotatable bonds is 8. The normalized spacial score (nSPS) is 15.2. The molecule has 4 rings (SSSR count). The van der Waals surface area contributed by atoms with Crippen LogP contribution in [0.5, 0.6) is 5.75 Å². The number of amides is 1. The minimum absolute atomic E-state index is 0.0216. The summed E-state index contributed by atoms with van der Waals surface area (Å²) in [6.45, 7) is 8.80. The van der Waals surface area contributed by atoms with Crippen molar-refractivity contribution in [3.05, 3.63) is 65.7 Å². The van der Waals surface area contributed by atoms with E-state index in [-0.39, 0.29) is 11.9 Å². The van der Waals surface area contributed by atoms with Crippen LogP contribution in [0.4, 0.5) is 5.88 Å². The summed E-state index contributed by atoms with van der Waals surface area (Å²) in [6, 6.07) is 17.5. The molecule has 0 spiro atoms. The molecule has 6 nitrogen and oxygen atoms in total. The molecule has 2 aromatic carbocycles. The van der Waals surface area contributed by atoms with Crippen molar-refractivity contribution < 1.29 is 14.1 Å². The van der Waals surface area contributed by atoms with E-state index in [1.807, 2.05) is 53.4 Å². The highest BCUT2D eigenvalue weighted by atomic mass is 16.5. The standard InChI is InChI=1S/C28H35N3O3/c1-5-21(3)31(27(32)23-12-9-13-24(18-23)33-4)19-25-26(22-10-7-6-8-11-22)29-34-28(25)30-16-14-20(2)15-17-30/h6-13,18,20-21H,5,14-17,19H2,1-4H3/t21-/m0/s1. The van der Waals surface area contributed by atoms with Gasteiger partial charge in [-0.15, -0.1) is 0 Å². The first kappa shape index (κ1) is 23.9. The van der Waals surface area contributed by atoms with Gasteiger partial charge in [0.1, 0.15) is 11.4 Å². The number of carbonyl (C=O) groups is 1. The summed E-state index contributed by atoms with van der Waals surface area (Å²) in [5, 5.41) is 4.50. The third kappa shape index (κ3) is 5.11. The lowest BCUT2D eigenvalue weighted by atomic mass is 9.98. The second kappa shape index (κ2) is 10.8. The first-order chi connectivity index (χ1) is 16.5. The maximum absolute atomic E-state index is 13.7. The summed E-state index contributed by atoms with van der Waals surface area (Å²) in [4.78, 5) is 17.9. The molecule has 6 heteroatoms. The highest BCUT2D eigenvalue weighted by Gasteiger charge is 2.30. The summed E-state index contributed by atoms with van der Waals surface area (Å²) < 4.78 is 11.3. The second-order valence-corrected chi connectivity index (χ2v) is 9.27. The molecule has 1 fully saturated rings. The van der Waals surface area contributed by atoms with Crippen molar-refractivity contribution in [3.63, 3.8) is 0 Å². The van der Waals surface area contributed by atoms with Crippen molar-refractivity contribution in [2.75, 3.05) is 25.1 Å². The van der Waals surface area contributed by atoms with Crippen molar-refractivity contribution >= 4 is 11.8 Å². The number of anilines is 1. The quantitative estimate of drug-likeness (QED) is 0.410. The highest BCUT2D eigenvalue weighted by molar-refractivity contribution is 5.95. The summed E-state index contributed by atoms with van der Waals surface area (Å²) in [7, 11) is 1.62.